The summed E-state index contributed by atoms with van der Waals surface area (Å²) in [6, 6.07) is 16.5. The number of hydrogen-bond donors (Lipinski definition) is 1. The number of carbonyl (C=O) groups excluding carboxylic acids is 1. The number of quaternary nitrogens is 1. The summed E-state index contributed by atoms with van der Waals surface area (Å²) in [5.74, 6) is 0.734. The highest BCUT2D eigenvalue weighted by Crippen LogP contribution is 2.42. The number of hydrogen-bond acceptors (Lipinski definition) is 5. The lowest BCUT2D eigenvalue weighted by molar-refractivity contribution is -0.926. The van der Waals surface area contributed by atoms with Crippen LogP contribution in [0.15, 0.2) is 48.5 Å². The third kappa shape index (κ3) is 3.09. The van der Waals surface area contributed by atoms with Gasteiger partial charge in [-0.3, -0.25) is 9.69 Å². The number of ether oxygens (including phenoxy) is 1. The summed E-state index contributed by atoms with van der Waals surface area (Å²) in [6.45, 7) is 3.71. The number of aliphatic hydroxyl groups is 1. The van der Waals surface area contributed by atoms with Crippen molar-refractivity contribution in [2.75, 3.05) is 19.8 Å². The summed E-state index contributed by atoms with van der Waals surface area (Å²) in [6.07, 6.45) is 2.26. The van der Waals surface area contributed by atoms with E-state index in [-0.39, 0.29) is 11.9 Å². The minimum atomic E-state index is -1.06. The molecule has 3 aromatic rings. The molecule has 1 N–H and O–H groups in total. The second-order valence-electron chi connectivity index (χ2n) is 8.99. The Bertz CT molecular complexity index is 1090. The Balaban J connectivity index is 1.14. The van der Waals surface area contributed by atoms with Crippen LogP contribution in [-0.2, 0) is 11.3 Å². The molecule has 1 amide bonds. The Morgan fingerprint density at radius 1 is 1.23 bits per heavy atom. The minimum absolute atomic E-state index is 0.0493. The monoisotopic (exact) mass is 422 g/mol. The van der Waals surface area contributed by atoms with E-state index in [1.54, 1.807) is 11.3 Å². The van der Waals surface area contributed by atoms with Gasteiger partial charge in [-0.05, 0) is 49.2 Å². The number of nitrogens with zero attached hydrogens (tertiary/aromatic N) is 3. The first-order valence-electron chi connectivity index (χ1n) is 10.5. The van der Waals surface area contributed by atoms with Crippen LogP contribution >= 0.6 is 11.3 Å². The second-order valence-corrected chi connectivity index (χ2v) is 9.98. The molecule has 2 aliphatic heterocycles. The average Bonchev–Trinajstić information content (AvgIpc) is 3.09. The summed E-state index contributed by atoms with van der Waals surface area (Å²) in [5.41, 5.74) is 1.14. The highest BCUT2D eigenvalue weighted by Gasteiger charge is 2.58. The molecule has 6 nitrogen and oxygen atoms in total. The second kappa shape index (κ2) is 6.51. The average molecular weight is 423 g/mol. The van der Waals surface area contributed by atoms with Gasteiger partial charge in [-0.1, -0.05) is 23.5 Å². The number of aromatic nitrogens is 1. The fourth-order valence-electron chi connectivity index (χ4n) is 4.94. The minimum Gasteiger partial charge on any atom is -0.431 e. The number of para-hydroxylation sites is 1. The fraction of sp³-hybridized carbons (Fsp3) is 0.391. The van der Waals surface area contributed by atoms with Gasteiger partial charge < -0.3 is 14.3 Å². The number of amides is 1. The van der Waals surface area contributed by atoms with Crippen LogP contribution in [0.25, 0.3) is 10.2 Å². The van der Waals surface area contributed by atoms with Crippen molar-refractivity contribution in [3.05, 3.63) is 54.1 Å². The number of fused-ring (bicyclic) bond motifs is 3. The molecule has 3 fully saturated rings. The van der Waals surface area contributed by atoms with Gasteiger partial charge >= 0.3 is 0 Å². The fourth-order valence-corrected chi connectivity index (χ4v) is 5.78. The lowest BCUT2D eigenvalue weighted by Crippen LogP contribution is -2.52. The predicted molar refractivity (Wildman–Crippen MR) is 114 cm³/mol. The van der Waals surface area contributed by atoms with Crippen molar-refractivity contribution in [3.8, 4) is 10.9 Å². The molecule has 1 aromatic heterocycles. The molecule has 1 saturated carbocycles. The molecule has 6 rings (SSSR count). The summed E-state index contributed by atoms with van der Waals surface area (Å²) in [5, 5.41) is 10.9. The van der Waals surface area contributed by atoms with Crippen molar-refractivity contribution >= 4 is 27.5 Å². The largest absolute Gasteiger partial charge is 0.431 e. The highest BCUT2D eigenvalue weighted by atomic mass is 32.1. The van der Waals surface area contributed by atoms with Crippen LogP contribution < -0.4 is 4.74 Å². The molecule has 3 heterocycles. The van der Waals surface area contributed by atoms with E-state index in [1.807, 2.05) is 41.3 Å². The van der Waals surface area contributed by atoms with E-state index in [9.17, 15) is 9.90 Å². The maximum absolute atomic E-state index is 12.6. The smallest absolute Gasteiger partial charge is 0.279 e. The van der Waals surface area contributed by atoms with Crippen molar-refractivity contribution in [3.63, 3.8) is 0 Å². The van der Waals surface area contributed by atoms with Crippen molar-refractivity contribution in [1.82, 2.24) is 9.88 Å². The van der Waals surface area contributed by atoms with E-state index in [0.29, 0.717) is 18.0 Å². The first-order valence-corrected chi connectivity index (χ1v) is 11.3. The molecule has 2 aromatic carbocycles. The Labute approximate surface area is 178 Å². The van der Waals surface area contributed by atoms with Crippen LogP contribution in [0.3, 0.4) is 0 Å². The van der Waals surface area contributed by atoms with E-state index in [1.165, 1.54) is 5.56 Å². The first kappa shape index (κ1) is 18.3. The predicted octanol–water partition coefficient (Wildman–Crippen LogP) is 3.50. The van der Waals surface area contributed by atoms with Crippen molar-refractivity contribution in [1.29, 1.82) is 0 Å². The normalized spacial score (nSPS) is 26.3. The van der Waals surface area contributed by atoms with Crippen LogP contribution in [0.1, 0.15) is 24.8 Å². The van der Waals surface area contributed by atoms with Crippen molar-refractivity contribution < 1.29 is 19.1 Å². The van der Waals surface area contributed by atoms with Crippen molar-refractivity contribution in [2.24, 2.45) is 0 Å². The van der Waals surface area contributed by atoms with Gasteiger partial charge in [-0.25, -0.2) is 4.98 Å². The maximum atomic E-state index is 12.6. The molecule has 3 aliphatic rings. The van der Waals surface area contributed by atoms with Crippen molar-refractivity contribution in [2.45, 2.75) is 37.5 Å². The number of carbonyl (C=O) groups is 1. The standard InChI is InChI=1S/C23H24N3O3S/c27-21(23(28)10-11-23)25-15-26(12-9-17(25)14-26)13-16-5-7-18(8-6-16)29-22-24-19-3-1-2-4-20(19)30-22/h1-8,17,28H,9-15H2/q+1/t17-,26+/m0/s1. The molecule has 0 spiro atoms. The molecular weight excluding hydrogens is 398 g/mol. The van der Waals surface area contributed by atoms with Gasteiger partial charge in [0, 0.05) is 12.0 Å². The van der Waals surface area contributed by atoms with Gasteiger partial charge in [0.2, 0.25) is 0 Å². The molecule has 2 saturated heterocycles. The Morgan fingerprint density at radius 2 is 2.03 bits per heavy atom. The van der Waals surface area contributed by atoms with Gasteiger partial charge in [-0.15, -0.1) is 0 Å². The zero-order chi connectivity index (χ0) is 20.3. The topological polar surface area (TPSA) is 62.7 Å². The van der Waals surface area contributed by atoms with Crippen LogP contribution in [-0.4, -0.2) is 56.8 Å². The lowest BCUT2D eigenvalue weighted by atomic mass is 10.1. The molecule has 7 heteroatoms. The number of benzene rings is 2. The lowest BCUT2D eigenvalue weighted by Gasteiger charge is -2.35. The molecule has 0 unspecified atom stereocenters. The molecule has 0 radical (unpaired) electrons. The Hall–Kier alpha value is -2.48. The van der Waals surface area contributed by atoms with Crippen LogP contribution in [0, 0.1) is 0 Å². The number of thiazole rings is 1. The van der Waals surface area contributed by atoms with Crippen LogP contribution in [0.2, 0.25) is 0 Å². The van der Waals surface area contributed by atoms with Gasteiger partial charge in [0.15, 0.2) is 6.67 Å². The quantitative estimate of drug-likeness (QED) is 0.640. The summed E-state index contributed by atoms with van der Waals surface area (Å²) in [4.78, 5) is 19.1. The molecule has 2 atom stereocenters. The molecule has 154 valence electrons. The SMILES string of the molecule is O=C(N1C[N@@+]2(Cc3ccc(Oc4nc5ccccc5s4)cc3)CC[C@H]1C2)C1(O)CC1. The number of rotatable bonds is 5. The van der Waals surface area contributed by atoms with E-state index in [2.05, 4.69) is 17.1 Å². The van der Waals surface area contributed by atoms with E-state index in [0.717, 1.165) is 53.2 Å². The highest BCUT2D eigenvalue weighted by molar-refractivity contribution is 7.20. The van der Waals surface area contributed by atoms with Gasteiger partial charge in [0.25, 0.3) is 11.1 Å². The van der Waals surface area contributed by atoms with Gasteiger partial charge in [-0.2, -0.15) is 0 Å². The summed E-state index contributed by atoms with van der Waals surface area (Å²) in [7, 11) is 0. The zero-order valence-electron chi connectivity index (χ0n) is 16.7. The molecule has 2 bridgehead atoms. The molecule has 30 heavy (non-hydrogen) atoms. The van der Waals surface area contributed by atoms with Gasteiger partial charge in [0.05, 0.1) is 22.8 Å². The Kier molecular flexibility index (Phi) is 3.97. The van der Waals surface area contributed by atoms with Gasteiger partial charge in [0.1, 0.15) is 24.4 Å². The summed E-state index contributed by atoms with van der Waals surface area (Å²) >= 11 is 1.55. The van der Waals surface area contributed by atoms with Crippen LogP contribution in [0.5, 0.6) is 10.9 Å². The first-order chi connectivity index (χ1) is 14.5. The zero-order valence-corrected chi connectivity index (χ0v) is 17.5. The van der Waals surface area contributed by atoms with E-state index >= 15 is 0 Å². The summed E-state index contributed by atoms with van der Waals surface area (Å²) < 4.78 is 7.99. The molecular formula is C23H24N3O3S+. The van der Waals surface area contributed by atoms with Crippen LogP contribution in [0.4, 0.5) is 0 Å². The Morgan fingerprint density at radius 3 is 2.80 bits per heavy atom. The van der Waals surface area contributed by atoms with E-state index < -0.39 is 5.60 Å². The maximum Gasteiger partial charge on any atom is 0.279 e. The third-order valence-corrected chi connectivity index (χ3v) is 7.65. The molecule has 1 aliphatic carbocycles. The third-order valence-electron chi connectivity index (χ3n) is 6.73. The van der Waals surface area contributed by atoms with E-state index in [4.69, 9.17) is 4.74 Å².